The maximum atomic E-state index is 2.49. The Kier molecular flexibility index (Phi) is 6.77. The number of fused-ring (bicyclic) bond motifs is 10. The van der Waals surface area contributed by atoms with Crippen LogP contribution in [0.1, 0.15) is 0 Å². The van der Waals surface area contributed by atoms with E-state index in [0.29, 0.717) is 0 Å². The molecule has 0 heterocycles. The molecule has 0 nitrogen and oxygen atoms in total. The van der Waals surface area contributed by atoms with E-state index in [1.165, 1.54) is 154 Å². The van der Waals surface area contributed by atoms with Crippen LogP contribution in [0.5, 0.6) is 0 Å². The first-order valence-corrected chi connectivity index (χ1v) is 22.4. The van der Waals surface area contributed by atoms with E-state index in [9.17, 15) is 0 Å². The lowest BCUT2D eigenvalue weighted by Gasteiger charge is -2.20. The van der Waals surface area contributed by atoms with Crippen molar-refractivity contribution in [2.75, 3.05) is 0 Å². The average Bonchev–Trinajstić information content (AvgIpc) is 3.87. The highest BCUT2D eigenvalue weighted by Crippen LogP contribution is 2.61. The van der Waals surface area contributed by atoms with Crippen molar-refractivity contribution in [1.82, 2.24) is 0 Å². The minimum atomic E-state index is 1.24. The lowest BCUT2D eigenvalue weighted by molar-refractivity contribution is 1.62. The Balaban J connectivity index is 1.03. The Morgan fingerprint density at radius 2 is 0.469 bits per heavy atom. The Hall–Kier alpha value is -8.32. The Morgan fingerprint density at radius 1 is 0.156 bits per heavy atom. The first-order valence-electron chi connectivity index (χ1n) is 22.4. The van der Waals surface area contributed by atoms with Crippen LogP contribution in [0.4, 0.5) is 0 Å². The van der Waals surface area contributed by atoms with Crippen LogP contribution in [0.2, 0.25) is 0 Å². The van der Waals surface area contributed by atoms with E-state index in [2.05, 4.69) is 218 Å². The number of rotatable bonds is 4. The third-order valence-electron chi connectivity index (χ3n) is 14.7. The molecule has 64 heavy (non-hydrogen) atoms. The zero-order valence-electron chi connectivity index (χ0n) is 34.8. The lowest BCUT2D eigenvalue weighted by Crippen LogP contribution is -1.93. The molecule has 0 bridgehead atoms. The summed E-state index contributed by atoms with van der Waals surface area (Å²) in [6.45, 7) is 0. The first kappa shape index (κ1) is 34.3. The molecule has 2 aliphatic rings. The average molecular weight is 805 g/mol. The topological polar surface area (TPSA) is 0 Å². The molecule has 0 amide bonds. The predicted molar refractivity (Wildman–Crippen MR) is 273 cm³/mol. The minimum Gasteiger partial charge on any atom is -0.0622 e. The second-order valence-corrected chi connectivity index (χ2v) is 17.8. The molecule has 292 valence electrons. The number of benzene rings is 13. The van der Waals surface area contributed by atoms with Gasteiger partial charge in [0.25, 0.3) is 0 Å². The van der Waals surface area contributed by atoms with E-state index in [1.807, 2.05) is 0 Å². The van der Waals surface area contributed by atoms with E-state index >= 15 is 0 Å². The van der Waals surface area contributed by atoms with Crippen LogP contribution >= 0.6 is 0 Å². The molecular formula is C64H36. The summed E-state index contributed by atoms with van der Waals surface area (Å²) >= 11 is 0. The fraction of sp³-hybridized carbons (Fsp3) is 0. The van der Waals surface area contributed by atoms with Gasteiger partial charge in [0.15, 0.2) is 0 Å². The second kappa shape index (κ2) is 12.6. The highest BCUT2D eigenvalue weighted by Gasteiger charge is 2.33. The van der Waals surface area contributed by atoms with Gasteiger partial charge in [0, 0.05) is 0 Å². The van der Waals surface area contributed by atoms with E-state index < -0.39 is 0 Å². The summed E-state index contributed by atoms with van der Waals surface area (Å²) in [5.41, 5.74) is 20.8. The van der Waals surface area contributed by atoms with Crippen molar-refractivity contribution in [3.63, 3.8) is 0 Å². The maximum absolute atomic E-state index is 2.49. The van der Waals surface area contributed by atoms with Crippen molar-refractivity contribution in [3.05, 3.63) is 218 Å². The van der Waals surface area contributed by atoms with Gasteiger partial charge >= 0.3 is 0 Å². The molecule has 15 rings (SSSR count). The predicted octanol–water partition coefficient (Wildman–Crippen LogP) is 18.0. The van der Waals surface area contributed by atoms with E-state index in [1.54, 1.807) is 0 Å². The summed E-state index contributed by atoms with van der Waals surface area (Å²) in [5.74, 6) is 0. The summed E-state index contributed by atoms with van der Waals surface area (Å²) in [5, 5.41) is 15.9. The lowest BCUT2D eigenvalue weighted by atomic mass is 9.82. The Labute approximate surface area is 370 Å². The van der Waals surface area contributed by atoms with Crippen LogP contribution in [0.3, 0.4) is 0 Å². The molecule has 0 aromatic heterocycles. The SMILES string of the molecule is c1ccc(-c2ccc(-c3ccccc3)c3cc4c(cc23)-c2ccc3c5ccc6c7c(ccc(c8ccc-4c2c38)c75)-c2c-6c(-c3ccccc3)c3ccccc3c2-c2ccccc2)cc1. The number of hydrogen-bond donors (Lipinski definition) is 0. The minimum absolute atomic E-state index is 1.24. The van der Waals surface area contributed by atoms with Crippen LogP contribution < -0.4 is 0 Å². The van der Waals surface area contributed by atoms with Gasteiger partial charge in [-0.25, -0.2) is 0 Å². The zero-order chi connectivity index (χ0) is 41.6. The fourth-order valence-electron chi connectivity index (χ4n) is 12.1. The van der Waals surface area contributed by atoms with Crippen LogP contribution in [0.25, 0.3) is 154 Å². The molecule has 0 fully saturated rings. The summed E-state index contributed by atoms with van der Waals surface area (Å²) in [6.07, 6.45) is 0. The van der Waals surface area contributed by atoms with Gasteiger partial charge in [-0.3, -0.25) is 0 Å². The van der Waals surface area contributed by atoms with Crippen molar-refractivity contribution in [3.8, 4) is 89.0 Å². The van der Waals surface area contributed by atoms with Crippen LogP contribution in [0.15, 0.2) is 218 Å². The van der Waals surface area contributed by atoms with Gasteiger partial charge in [-0.1, -0.05) is 206 Å². The van der Waals surface area contributed by atoms with E-state index in [4.69, 9.17) is 0 Å². The monoisotopic (exact) mass is 804 g/mol. The standard InChI is InChI=1S/C64H36/c1-5-15-37(16-6-1)41-25-26-42(38-17-7-2-8-18-38)54-36-56-50-30-28-46-48-32-34-52-62-51(33-31-47(60(48)62)45-27-29-49(61(50)59(45)46)55(56)35-53(41)54)63-57(39-19-9-3-10-20-39)43-23-13-14-24-44(43)58(64(52)63)40-21-11-4-12-22-40/h1-36H. The van der Waals surface area contributed by atoms with Gasteiger partial charge in [-0.15, -0.1) is 0 Å². The molecule has 0 unspecified atom stereocenters. The first-order chi connectivity index (χ1) is 31.8. The quantitative estimate of drug-likeness (QED) is 0.123. The summed E-state index contributed by atoms with van der Waals surface area (Å²) in [7, 11) is 0. The molecular weight excluding hydrogens is 769 g/mol. The molecule has 13 aromatic rings. The van der Waals surface area contributed by atoms with Gasteiger partial charge in [0.05, 0.1) is 0 Å². The highest BCUT2D eigenvalue weighted by atomic mass is 14.4. The Morgan fingerprint density at radius 3 is 0.859 bits per heavy atom. The van der Waals surface area contributed by atoms with Crippen molar-refractivity contribution < 1.29 is 0 Å². The van der Waals surface area contributed by atoms with Crippen molar-refractivity contribution in [1.29, 1.82) is 0 Å². The molecule has 0 saturated heterocycles. The molecule has 0 N–H and O–H groups in total. The van der Waals surface area contributed by atoms with Gasteiger partial charge in [-0.05, 0) is 166 Å². The summed E-state index contributed by atoms with van der Waals surface area (Å²) in [6, 6.07) is 82.0. The van der Waals surface area contributed by atoms with Crippen LogP contribution in [0, 0.1) is 0 Å². The maximum Gasteiger partial charge on any atom is -0.000740 e. The summed E-state index contributed by atoms with van der Waals surface area (Å²) < 4.78 is 0. The van der Waals surface area contributed by atoms with Crippen molar-refractivity contribution in [2.45, 2.75) is 0 Å². The van der Waals surface area contributed by atoms with Gasteiger partial charge in [0.2, 0.25) is 0 Å². The van der Waals surface area contributed by atoms with E-state index in [0.717, 1.165) is 0 Å². The smallest absolute Gasteiger partial charge is 0.000740 e. The zero-order valence-corrected chi connectivity index (χ0v) is 34.8. The molecule has 0 spiro atoms. The molecule has 2 aliphatic carbocycles. The van der Waals surface area contributed by atoms with Crippen LogP contribution in [-0.2, 0) is 0 Å². The molecule has 13 aromatic carbocycles. The second-order valence-electron chi connectivity index (χ2n) is 17.8. The van der Waals surface area contributed by atoms with Crippen LogP contribution in [-0.4, -0.2) is 0 Å². The highest BCUT2D eigenvalue weighted by molar-refractivity contribution is 6.41. The van der Waals surface area contributed by atoms with Crippen molar-refractivity contribution in [2.24, 2.45) is 0 Å². The molecule has 0 saturated carbocycles. The number of hydrogen-bond acceptors (Lipinski definition) is 0. The molecule has 0 atom stereocenters. The third kappa shape index (κ3) is 4.42. The molecule has 0 heteroatoms. The fourth-order valence-corrected chi connectivity index (χ4v) is 12.1. The third-order valence-corrected chi connectivity index (χ3v) is 14.7. The van der Waals surface area contributed by atoms with Gasteiger partial charge < -0.3 is 0 Å². The summed E-state index contributed by atoms with van der Waals surface area (Å²) in [4.78, 5) is 0. The van der Waals surface area contributed by atoms with E-state index in [-0.39, 0.29) is 0 Å². The Bertz CT molecular complexity index is 3860. The van der Waals surface area contributed by atoms with Gasteiger partial charge in [-0.2, -0.15) is 0 Å². The van der Waals surface area contributed by atoms with Crippen molar-refractivity contribution >= 4 is 64.6 Å². The molecule has 0 aliphatic heterocycles. The van der Waals surface area contributed by atoms with Gasteiger partial charge in [0.1, 0.15) is 0 Å². The largest absolute Gasteiger partial charge is 0.0622 e. The molecule has 0 radical (unpaired) electrons. The normalized spacial score (nSPS) is 12.4.